The number of rotatable bonds is 5. The van der Waals surface area contributed by atoms with Crippen LogP contribution in [0.25, 0.3) is 0 Å². The highest BCUT2D eigenvalue weighted by Gasteiger charge is 2.63. The highest BCUT2D eigenvalue weighted by molar-refractivity contribution is 5.89. The normalized spacial score (nSPS) is 38.0. The van der Waals surface area contributed by atoms with E-state index in [4.69, 9.17) is 15.2 Å². The van der Waals surface area contributed by atoms with Crippen molar-refractivity contribution in [2.45, 2.75) is 96.5 Å². The molecular formula is C21H38N2O3. The highest BCUT2D eigenvalue weighted by Crippen LogP contribution is 2.50. The number of carbonyl (C=O) groups excluding carboxylic acids is 1. The third-order valence-electron chi connectivity index (χ3n) is 7.29. The van der Waals surface area contributed by atoms with Crippen LogP contribution in [0.3, 0.4) is 0 Å². The summed E-state index contributed by atoms with van der Waals surface area (Å²) in [5.74, 6) is 0.949. The molecule has 26 heavy (non-hydrogen) atoms. The highest BCUT2D eigenvalue weighted by atomic mass is 16.5. The first kappa shape index (κ1) is 20.1. The predicted molar refractivity (Wildman–Crippen MR) is 103 cm³/mol. The third kappa shape index (κ3) is 3.67. The smallest absolute Gasteiger partial charge is 0.243 e. The number of hydrogen-bond donors (Lipinski definition) is 1. The summed E-state index contributed by atoms with van der Waals surface area (Å²) < 4.78 is 12.1. The summed E-state index contributed by atoms with van der Waals surface area (Å²) in [6.45, 7) is 10.7. The second-order valence-corrected chi connectivity index (χ2v) is 9.35. The zero-order valence-electron chi connectivity index (χ0n) is 17.1. The fourth-order valence-corrected chi connectivity index (χ4v) is 4.91. The van der Waals surface area contributed by atoms with Crippen LogP contribution in [-0.2, 0) is 14.3 Å². The van der Waals surface area contributed by atoms with Crippen LogP contribution >= 0.6 is 0 Å². The van der Waals surface area contributed by atoms with Gasteiger partial charge in [-0.05, 0) is 51.4 Å². The Morgan fingerprint density at radius 1 is 1.08 bits per heavy atom. The molecule has 0 spiro atoms. The van der Waals surface area contributed by atoms with E-state index in [1.807, 2.05) is 11.8 Å². The van der Waals surface area contributed by atoms with Gasteiger partial charge in [-0.2, -0.15) is 0 Å². The SMILES string of the molecule is CCOC1CC(N)(C(=O)N2CCC(OC3CCC(C)CC3)CC2)C1(C)C. The number of nitrogens with zero attached hydrogens (tertiary/aromatic N) is 1. The molecule has 3 aliphatic rings. The molecule has 2 saturated carbocycles. The van der Waals surface area contributed by atoms with Crippen LogP contribution in [0, 0.1) is 11.3 Å². The topological polar surface area (TPSA) is 64.8 Å². The van der Waals surface area contributed by atoms with Crippen molar-refractivity contribution in [1.29, 1.82) is 0 Å². The van der Waals surface area contributed by atoms with Gasteiger partial charge in [-0.1, -0.05) is 20.8 Å². The summed E-state index contributed by atoms with van der Waals surface area (Å²) in [5.41, 5.74) is 5.47. The molecule has 0 aromatic heterocycles. The van der Waals surface area contributed by atoms with Gasteiger partial charge in [0.05, 0.1) is 18.3 Å². The van der Waals surface area contributed by atoms with Gasteiger partial charge in [0.25, 0.3) is 0 Å². The molecule has 1 heterocycles. The van der Waals surface area contributed by atoms with Gasteiger partial charge in [0.2, 0.25) is 5.91 Å². The van der Waals surface area contributed by atoms with Gasteiger partial charge in [-0.15, -0.1) is 0 Å². The Bertz CT molecular complexity index is 493. The van der Waals surface area contributed by atoms with Crippen molar-refractivity contribution in [3.8, 4) is 0 Å². The molecule has 3 fully saturated rings. The van der Waals surface area contributed by atoms with E-state index in [1.54, 1.807) is 0 Å². The average Bonchev–Trinajstić information content (AvgIpc) is 2.63. The first-order chi connectivity index (χ1) is 12.3. The zero-order valence-corrected chi connectivity index (χ0v) is 17.1. The lowest BCUT2D eigenvalue weighted by molar-refractivity contribution is -0.181. The fourth-order valence-electron chi connectivity index (χ4n) is 4.91. The fraction of sp³-hybridized carbons (Fsp3) is 0.952. The lowest BCUT2D eigenvalue weighted by Crippen LogP contribution is -2.76. The number of likely N-dealkylation sites (tertiary alicyclic amines) is 1. The molecule has 2 unspecified atom stereocenters. The number of piperidine rings is 1. The van der Waals surface area contributed by atoms with Crippen molar-refractivity contribution in [2.75, 3.05) is 19.7 Å². The minimum absolute atomic E-state index is 0.0796. The van der Waals surface area contributed by atoms with E-state index in [9.17, 15) is 4.79 Å². The summed E-state index contributed by atoms with van der Waals surface area (Å²) in [6, 6.07) is 0. The standard InChI is InChI=1S/C21H38N2O3/c1-5-25-18-14-21(22,20(18,3)4)19(24)23-12-10-17(11-13-23)26-16-8-6-15(2)7-9-16/h15-18H,5-14,22H2,1-4H3. The summed E-state index contributed by atoms with van der Waals surface area (Å²) in [4.78, 5) is 15.1. The summed E-state index contributed by atoms with van der Waals surface area (Å²) in [5, 5.41) is 0. The zero-order chi connectivity index (χ0) is 18.9. The maximum Gasteiger partial charge on any atom is 0.243 e. The molecule has 3 rings (SSSR count). The van der Waals surface area contributed by atoms with Gasteiger partial charge in [0.1, 0.15) is 5.54 Å². The van der Waals surface area contributed by atoms with Crippen LogP contribution in [0.2, 0.25) is 0 Å². The molecule has 5 nitrogen and oxygen atoms in total. The Kier molecular flexibility index (Phi) is 6.00. The molecule has 5 heteroatoms. The Hall–Kier alpha value is -0.650. The summed E-state index contributed by atoms with van der Waals surface area (Å²) in [6.07, 6.45) is 8.26. The minimum atomic E-state index is -0.792. The van der Waals surface area contributed by atoms with E-state index >= 15 is 0 Å². The molecular weight excluding hydrogens is 328 g/mol. The van der Waals surface area contributed by atoms with Crippen molar-refractivity contribution in [3.63, 3.8) is 0 Å². The van der Waals surface area contributed by atoms with Gasteiger partial charge < -0.3 is 20.1 Å². The van der Waals surface area contributed by atoms with Gasteiger partial charge >= 0.3 is 0 Å². The molecule has 2 aliphatic carbocycles. The van der Waals surface area contributed by atoms with Crippen LogP contribution in [0.5, 0.6) is 0 Å². The molecule has 1 amide bonds. The monoisotopic (exact) mass is 366 g/mol. The van der Waals surface area contributed by atoms with Crippen molar-refractivity contribution in [2.24, 2.45) is 17.1 Å². The van der Waals surface area contributed by atoms with E-state index < -0.39 is 5.54 Å². The maximum atomic E-state index is 13.1. The third-order valence-corrected chi connectivity index (χ3v) is 7.29. The lowest BCUT2D eigenvalue weighted by Gasteiger charge is -2.59. The first-order valence-electron chi connectivity index (χ1n) is 10.6. The Morgan fingerprint density at radius 3 is 2.19 bits per heavy atom. The van der Waals surface area contributed by atoms with Crippen molar-refractivity contribution in [1.82, 2.24) is 4.90 Å². The molecule has 150 valence electrons. The minimum Gasteiger partial charge on any atom is -0.378 e. The van der Waals surface area contributed by atoms with Crippen LogP contribution in [0.15, 0.2) is 0 Å². The Balaban J connectivity index is 1.48. The predicted octanol–water partition coefficient (Wildman–Crippen LogP) is 3.11. The van der Waals surface area contributed by atoms with Crippen molar-refractivity contribution in [3.05, 3.63) is 0 Å². The van der Waals surface area contributed by atoms with Crippen LogP contribution in [0.1, 0.15) is 72.6 Å². The number of amides is 1. The lowest BCUT2D eigenvalue weighted by atomic mass is 9.54. The number of hydrogen-bond acceptors (Lipinski definition) is 4. The largest absolute Gasteiger partial charge is 0.378 e. The second-order valence-electron chi connectivity index (χ2n) is 9.35. The molecule has 0 radical (unpaired) electrons. The van der Waals surface area contributed by atoms with Crippen LogP contribution in [-0.4, -0.2) is 54.4 Å². The molecule has 1 saturated heterocycles. The molecule has 0 aromatic rings. The quantitative estimate of drug-likeness (QED) is 0.812. The van der Waals surface area contributed by atoms with E-state index in [1.165, 1.54) is 25.7 Å². The molecule has 0 bridgehead atoms. The molecule has 0 aromatic carbocycles. The van der Waals surface area contributed by atoms with E-state index in [-0.39, 0.29) is 17.4 Å². The number of carbonyl (C=O) groups is 1. The van der Waals surface area contributed by atoms with Gasteiger partial charge in [-0.3, -0.25) is 4.79 Å². The van der Waals surface area contributed by atoms with Crippen molar-refractivity contribution >= 4 is 5.91 Å². The number of nitrogens with two attached hydrogens (primary N) is 1. The summed E-state index contributed by atoms with van der Waals surface area (Å²) >= 11 is 0. The van der Waals surface area contributed by atoms with Gasteiger partial charge in [-0.25, -0.2) is 0 Å². The number of ether oxygens (including phenoxy) is 2. The van der Waals surface area contributed by atoms with Gasteiger partial charge in [0, 0.05) is 31.5 Å². The summed E-state index contributed by atoms with van der Waals surface area (Å²) in [7, 11) is 0. The Morgan fingerprint density at radius 2 is 1.65 bits per heavy atom. The van der Waals surface area contributed by atoms with E-state index in [2.05, 4.69) is 20.8 Å². The molecule has 1 aliphatic heterocycles. The van der Waals surface area contributed by atoms with Gasteiger partial charge in [0.15, 0.2) is 0 Å². The second kappa shape index (κ2) is 7.76. The average molecular weight is 367 g/mol. The molecule has 2 N–H and O–H groups in total. The maximum absolute atomic E-state index is 13.1. The first-order valence-corrected chi connectivity index (χ1v) is 10.6. The van der Waals surface area contributed by atoms with E-state index in [0.717, 1.165) is 31.8 Å². The Labute approximate surface area is 159 Å². The molecule has 2 atom stereocenters. The van der Waals surface area contributed by atoms with Crippen LogP contribution < -0.4 is 5.73 Å². The van der Waals surface area contributed by atoms with E-state index in [0.29, 0.717) is 25.2 Å². The van der Waals surface area contributed by atoms with Crippen LogP contribution in [0.4, 0.5) is 0 Å². The van der Waals surface area contributed by atoms with Crippen molar-refractivity contribution < 1.29 is 14.3 Å².